The third-order valence-corrected chi connectivity index (χ3v) is 5.44. The zero-order chi connectivity index (χ0) is 22.5. The van der Waals surface area contributed by atoms with Gasteiger partial charge >= 0.3 is 0 Å². The number of rotatable bonds is 7. The first-order valence-electron chi connectivity index (χ1n) is 10.8. The first-order valence-corrected chi connectivity index (χ1v) is 10.8. The first-order chi connectivity index (χ1) is 16.3. The topological polar surface area (TPSA) is 64.7 Å². The van der Waals surface area contributed by atoms with E-state index in [0.29, 0.717) is 18.7 Å². The van der Waals surface area contributed by atoms with Crippen molar-refractivity contribution in [1.82, 2.24) is 24.6 Å². The van der Waals surface area contributed by atoms with Crippen LogP contribution < -0.4 is 5.32 Å². The number of amides is 1. The van der Waals surface area contributed by atoms with Crippen LogP contribution in [0, 0.1) is 0 Å². The van der Waals surface area contributed by atoms with E-state index in [1.54, 1.807) is 12.5 Å². The lowest BCUT2D eigenvalue weighted by Gasteiger charge is -2.07. The van der Waals surface area contributed by atoms with Crippen LogP contribution in [-0.2, 0) is 13.1 Å². The molecule has 1 N–H and O–H groups in total. The minimum atomic E-state index is -0.123. The summed E-state index contributed by atoms with van der Waals surface area (Å²) >= 11 is 0. The second-order valence-electron chi connectivity index (χ2n) is 7.75. The first kappa shape index (κ1) is 20.5. The van der Waals surface area contributed by atoms with Crippen LogP contribution >= 0.6 is 0 Å². The minimum Gasteiger partial charge on any atom is -0.348 e. The van der Waals surface area contributed by atoms with Gasteiger partial charge in [0.1, 0.15) is 0 Å². The van der Waals surface area contributed by atoms with Gasteiger partial charge in [-0.05, 0) is 29.8 Å². The lowest BCUT2D eigenvalue weighted by atomic mass is 10.1. The smallest absolute Gasteiger partial charge is 0.251 e. The van der Waals surface area contributed by atoms with Crippen molar-refractivity contribution in [3.8, 4) is 16.9 Å². The van der Waals surface area contributed by atoms with Crippen LogP contribution in [0.2, 0.25) is 0 Å². The van der Waals surface area contributed by atoms with E-state index in [1.807, 2.05) is 94.4 Å². The molecule has 5 aromatic rings. The lowest BCUT2D eigenvalue weighted by Crippen LogP contribution is -2.22. The van der Waals surface area contributed by atoms with E-state index >= 15 is 0 Å². The fourth-order valence-electron chi connectivity index (χ4n) is 3.76. The summed E-state index contributed by atoms with van der Waals surface area (Å²) in [6.45, 7) is 1.06. The van der Waals surface area contributed by atoms with Gasteiger partial charge < -0.3 is 9.88 Å². The zero-order valence-corrected chi connectivity index (χ0v) is 18.0. The highest BCUT2D eigenvalue weighted by molar-refractivity contribution is 5.94. The van der Waals surface area contributed by atoms with Gasteiger partial charge in [0, 0.05) is 47.5 Å². The van der Waals surface area contributed by atoms with Crippen molar-refractivity contribution in [2.75, 3.05) is 0 Å². The molecule has 0 aliphatic heterocycles. The van der Waals surface area contributed by atoms with Crippen molar-refractivity contribution in [3.05, 3.63) is 127 Å². The maximum Gasteiger partial charge on any atom is 0.251 e. The van der Waals surface area contributed by atoms with E-state index in [-0.39, 0.29) is 5.91 Å². The van der Waals surface area contributed by atoms with Crippen LogP contribution in [0.3, 0.4) is 0 Å². The van der Waals surface area contributed by atoms with Gasteiger partial charge in [-0.15, -0.1) is 0 Å². The van der Waals surface area contributed by atoms with E-state index in [9.17, 15) is 4.79 Å². The Bertz CT molecular complexity index is 1320. The number of hydrogen-bond acceptors (Lipinski definition) is 3. The average molecular weight is 434 g/mol. The summed E-state index contributed by atoms with van der Waals surface area (Å²) in [6.07, 6.45) is 7.33. The second kappa shape index (κ2) is 9.36. The summed E-state index contributed by atoms with van der Waals surface area (Å²) in [5.41, 5.74) is 5.61. The number of carbonyl (C=O) groups is 1. The third-order valence-electron chi connectivity index (χ3n) is 5.44. The molecule has 0 unspecified atom stereocenters. The quantitative estimate of drug-likeness (QED) is 0.404. The molecule has 3 aromatic carbocycles. The van der Waals surface area contributed by atoms with E-state index in [0.717, 1.165) is 22.5 Å². The van der Waals surface area contributed by atoms with Crippen molar-refractivity contribution >= 4 is 5.91 Å². The van der Waals surface area contributed by atoms with Crippen LogP contribution in [0.15, 0.2) is 110 Å². The Morgan fingerprint density at radius 1 is 0.879 bits per heavy atom. The van der Waals surface area contributed by atoms with Crippen molar-refractivity contribution in [2.24, 2.45) is 0 Å². The van der Waals surface area contributed by atoms with Gasteiger partial charge in [0.15, 0.2) is 0 Å². The van der Waals surface area contributed by atoms with Gasteiger partial charge in [0.25, 0.3) is 5.91 Å². The Hall–Kier alpha value is -4.45. The molecule has 1 amide bonds. The lowest BCUT2D eigenvalue weighted by molar-refractivity contribution is 0.0951. The molecule has 0 radical (unpaired) electrons. The number of nitrogens with zero attached hydrogens (tertiary/aromatic N) is 4. The van der Waals surface area contributed by atoms with Crippen molar-refractivity contribution < 1.29 is 4.79 Å². The summed E-state index contributed by atoms with van der Waals surface area (Å²) in [5.74, 6) is -0.123. The molecular weight excluding hydrogens is 410 g/mol. The maximum atomic E-state index is 12.8. The molecule has 2 aromatic heterocycles. The van der Waals surface area contributed by atoms with Crippen LogP contribution in [0.4, 0.5) is 0 Å². The van der Waals surface area contributed by atoms with E-state index in [2.05, 4.69) is 22.4 Å². The van der Waals surface area contributed by atoms with Crippen molar-refractivity contribution in [1.29, 1.82) is 0 Å². The number of imidazole rings is 1. The van der Waals surface area contributed by atoms with Gasteiger partial charge in [0.2, 0.25) is 0 Å². The van der Waals surface area contributed by atoms with Crippen LogP contribution in [0.25, 0.3) is 16.9 Å². The van der Waals surface area contributed by atoms with Gasteiger partial charge in [-0.2, -0.15) is 5.10 Å². The summed E-state index contributed by atoms with van der Waals surface area (Å²) in [7, 11) is 0. The van der Waals surface area contributed by atoms with Crippen molar-refractivity contribution in [3.63, 3.8) is 0 Å². The fraction of sp³-hybridized carbons (Fsp3) is 0.0741. The number of nitrogens with one attached hydrogen (secondary N) is 1. The van der Waals surface area contributed by atoms with Crippen LogP contribution in [0.1, 0.15) is 21.5 Å². The van der Waals surface area contributed by atoms with Gasteiger partial charge in [0.05, 0.1) is 18.6 Å². The van der Waals surface area contributed by atoms with E-state index < -0.39 is 0 Å². The van der Waals surface area contributed by atoms with Crippen LogP contribution in [-0.4, -0.2) is 25.2 Å². The number of carbonyl (C=O) groups excluding carboxylic acids is 1. The Labute approximate surface area is 192 Å². The number of aromatic nitrogens is 4. The van der Waals surface area contributed by atoms with Crippen LogP contribution in [0.5, 0.6) is 0 Å². The SMILES string of the molecule is O=C(NCc1cn(Cc2ccccc2)nc1-c1ccccc1)c1ccc(-n2ccnc2)cc1. The highest BCUT2D eigenvalue weighted by Gasteiger charge is 2.13. The molecule has 162 valence electrons. The largest absolute Gasteiger partial charge is 0.348 e. The fourth-order valence-corrected chi connectivity index (χ4v) is 3.76. The highest BCUT2D eigenvalue weighted by Crippen LogP contribution is 2.22. The Balaban J connectivity index is 1.34. The Morgan fingerprint density at radius 2 is 1.61 bits per heavy atom. The van der Waals surface area contributed by atoms with E-state index in [4.69, 9.17) is 5.10 Å². The zero-order valence-electron chi connectivity index (χ0n) is 18.0. The highest BCUT2D eigenvalue weighted by atomic mass is 16.1. The molecule has 0 aliphatic carbocycles. The predicted octanol–water partition coefficient (Wildman–Crippen LogP) is 4.71. The molecular formula is C27H23N5O. The number of benzene rings is 3. The molecule has 0 spiro atoms. The monoisotopic (exact) mass is 433 g/mol. The molecule has 33 heavy (non-hydrogen) atoms. The summed E-state index contributed by atoms with van der Waals surface area (Å²) in [4.78, 5) is 16.9. The normalized spacial score (nSPS) is 10.8. The predicted molar refractivity (Wildman–Crippen MR) is 128 cm³/mol. The molecule has 0 atom stereocenters. The molecule has 6 heteroatoms. The summed E-state index contributed by atoms with van der Waals surface area (Å²) in [5, 5.41) is 7.87. The Morgan fingerprint density at radius 3 is 2.30 bits per heavy atom. The molecule has 0 aliphatic rings. The molecule has 0 saturated heterocycles. The average Bonchev–Trinajstić information content (AvgIpc) is 3.54. The van der Waals surface area contributed by atoms with Gasteiger partial charge in [-0.3, -0.25) is 9.48 Å². The minimum absolute atomic E-state index is 0.123. The Kier molecular flexibility index (Phi) is 5.80. The molecule has 0 fully saturated rings. The standard InChI is InChI=1S/C27H23N5O/c33-27(23-11-13-25(14-12-23)31-16-15-28-20-31)29-17-24-19-32(18-21-7-3-1-4-8-21)30-26(24)22-9-5-2-6-10-22/h1-16,19-20H,17-18H2,(H,29,33). The summed E-state index contributed by atoms with van der Waals surface area (Å²) in [6, 6.07) is 27.7. The summed E-state index contributed by atoms with van der Waals surface area (Å²) < 4.78 is 3.83. The van der Waals surface area contributed by atoms with Crippen molar-refractivity contribution in [2.45, 2.75) is 13.1 Å². The van der Waals surface area contributed by atoms with Gasteiger partial charge in [-0.25, -0.2) is 4.98 Å². The molecule has 6 nitrogen and oxygen atoms in total. The molecule has 0 saturated carbocycles. The second-order valence-corrected chi connectivity index (χ2v) is 7.75. The maximum absolute atomic E-state index is 12.8. The van der Waals surface area contributed by atoms with E-state index in [1.165, 1.54) is 5.56 Å². The van der Waals surface area contributed by atoms with Gasteiger partial charge in [-0.1, -0.05) is 60.7 Å². The molecule has 5 rings (SSSR count). The molecule has 0 bridgehead atoms. The number of hydrogen-bond donors (Lipinski definition) is 1. The third kappa shape index (κ3) is 4.75. The molecule has 2 heterocycles.